The van der Waals surface area contributed by atoms with E-state index >= 15 is 0 Å². The second-order valence-electron chi connectivity index (χ2n) is 5.75. The molecule has 5 heteroatoms. The molecule has 0 aliphatic heterocycles. The Bertz CT molecular complexity index is 337. The van der Waals surface area contributed by atoms with E-state index in [-0.39, 0.29) is 0 Å². The highest BCUT2D eigenvalue weighted by Crippen LogP contribution is 2.26. The van der Waals surface area contributed by atoms with Crippen LogP contribution in [0, 0.1) is 5.92 Å². The first kappa shape index (κ1) is 16.9. The maximum absolute atomic E-state index is 11.4. The molecule has 1 aliphatic carbocycles. The molecule has 4 nitrogen and oxygen atoms in total. The van der Waals surface area contributed by atoms with Crippen molar-refractivity contribution < 1.29 is 8.42 Å². The molecule has 1 aliphatic rings. The summed E-state index contributed by atoms with van der Waals surface area (Å²) in [5.74, 6) is 0.811. The first-order valence-corrected chi connectivity index (χ1v) is 9.48. The lowest BCUT2D eigenvalue weighted by Gasteiger charge is -2.28. The van der Waals surface area contributed by atoms with Gasteiger partial charge in [0, 0.05) is 19.1 Å². The molecule has 0 bridgehead atoms. The van der Waals surface area contributed by atoms with Crippen LogP contribution < -0.4 is 5.32 Å². The minimum absolute atomic E-state index is 0.564. The summed E-state index contributed by atoms with van der Waals surface area (Å²) in [6, 6.07) is 0.564. The van der Waals surface area contributed by atoms with Gasteiger partial charge in [0.2, 0.25) is 10.0 Å². The smallest absolute Gasteiger partial charge is 0.211 e. The minimum Gasteiger partial charge on any atom is -0.314 e. The van der Waals surface area contributed by atoms with Gasteiger partial charge in [-0.1, -0.05) is 26.2 Å². The molecule has 0 radical (unpaired) electrons. The SMILES string of the molecule is CCN(CCCNC(C)C1CCCCC1)S(C)(=O)=O. The van der Waals surface area contributed by atoms with Crippen molar-refractivity contribution >= 4 is 10.0 Å². The Labute approximate surface area is 119 Å². The molecule has 1 unspecified atom stereocenters. The number of sulfonamides is 1. The summed E-state index contributed by atoms with van der Waals surface area (Å²) in [5, 5.41) is 3.56. The standard InChI is InChI=1S/C14H30N2O2S/c1-4-16(19(3,17)18)12-8-11-15-13(2)14-9-6-5-7-10-14/h13-15H,4-12H2,1-3H3. The molecule has 0 heterocycles. The molecular formula is C14H30N2O2S. The third-order valence-corrected chi connectivity index (χ3v) is 5.61. The van der Waals surface area contributed by atoms with Gasteiger partial charge in [-0.3, -0.25) is 0 Å². The number of nitrogens with zero attached hydrogens (tertiary/aromatic N) is 1. The summed E-state index contributed by atoms with van der Waals surface area (Å²) in [6.45, 7) is 6.25. The summed E-state index contributed by atoms with van der Waals surface area (Å²) < 4.78 is 24.4. The van der Waals surface area contributed by atoms with E-state index in [2.05, 4.69) is 12.2 Å². The summed E-state index contributed by atoms with van der Waals surface area (Å²) in [4.78, 5) is 0. The lowest BCUT2D eigenvalue weighted by molar-refractivity contribution is 0.279. The Morgan fingerprint density at radius 1 is 1.26 bits per heavy atom. The fourth-order valence-electron chi connectivity index (χ4n) is 2.94. The Kier molecular flexibility index (Phi) is 7.32. The first-order valence-electron chi connectivity index (χ1n) is 7.63. The zero-order valence-electron chi connectivity index (χ0n) is 12.7. The van der Waals surface area contributed by atoms with E-state index in [1.807, 2.05) is 6.92 Å². The summed E-state index contributed by atoms with van der Waals surface area (Å²) >= 11 is 0. The predicted molar refractivity (Wildman–Crippen MR) is 80.7 cm³/mol. The topological polar surface area (TPSA) is 49.4 Å². The van der Waals surface area contributed by atoms with Crippen LogP contribution in [0.2, 0.25) is 0 Å². The number of hydrogen-bond donors (Lipinski definition) is 1. The maximum Gasteiger partial charge on any atom is 0.211 e. The highest BCUT2D eigenvalue weighted by Gasteiger charge is 2.19. The predicted octanol–water partition coefficient (Wildman–Crippen LogP) is 2.22. The average molecular weight is 290 g/mol. The van der Waals surface area contributed by atoms with Crippen LogP contribution in [0.25, 0.3) is 0 Å². The first-order chi connectivity index (χ1) is 8.95. The molecule has 19 heavy (non-hydrogen) atoms. The van der Waals surface area contributed by atoms with Gasteiger partial charge >= 0.3 is 0 Å². The highest BCUT2D eigenvalue weighted by molar-refractivity contribution is 7.88. The number of hydrogen-bond acceptors (Lipinski definition) is 3. The lowest BCUT2D eigenvalue weighted by atomic mass is 9.84. The molecule has 1 fully saturated rings. The van der Waals surface area contributed by atoms with Crippen molar-refractivity contribution in [2.75, 3.05) is 25.9 Å². The molecule has 114 valence electrons. The van der Waals surface area contributed by atoms with Crippen LogP contribution in [-0.2, 0) is 10.0 Å². The molecule has 1 saturated carbocycles. The van der Waals surface area contributed by atoms with Gasteiger partial charge in [-0.25, -0.2) is 12.7 Å². The van der Waals surface area contributed by atoms with Crippen LogP contribution in [0.15, 0.2) is 0 Å². The van der Waals surface area contributed by atoms with Crippen molar-refractivity contribution in [1.29, 1.82) is 0 Å². The van der Waals surface area contributed by atoms with Crippen molar-refractivity contribution in [1.82, 2.24) is 9.62 Å². The largest absolute Gasteiger partial charge is 0.314 e. The van der Waals surface area contributed by atoms with E-state index in [9.17, 15) is 8.42 Å². The molecule has 1 rings (SSSR count). The van der Waals surface area contributed by atoms with Gasteiger partial charge in [-0.2, -0.15) is 0 Å². The van der Waals surface area contributed by atoms with Crippen LogP contribution in [0.1, 0.15) is 52.4 Å². The van der Waals surface area contributed by atoms with E-state index in [0.717, 1.165) is 18.9 Å². The Morgan fingerprint density at radius 2 is 1.89 bits per heavy atom. The third-order valence-electron chi connectivity index (χ3n) is 4.23. The molecule has 1 atom stereocenters. The van der Waals surface area contributed by atoms with E-state index in [0.29, 0.717) is 19.1 Å². The van der Waals surface area contributed by atoms with Gasteiger partial charge in [0.05, 0.1) is 6.26 Å². The summed E-state index contributed by atoms with van der Waals surface area (Å²) in [6.07, 6.45) is 9.00. The van der Waals surface area contributed by atoms with Crippen molar-refractivity contribution in [2.24, 2.45) is 5.92 Å². The second kappa shape index (κ2) is 8.22. The molecular weight excluding hydrogens is 260 g/mol. The second-order valence-corrected chi connectivity index (χ2v) is 7.73. The fourth-order valence-corrected chi connectivity index (χ4v) is 3.87. The van der Waals surface area contributed by atoms with Gasteiger partial charge in [-0.05, 0) is 38.6 Å². The Hall–Kier alpha value is -0.130. The molecule has 0 saturated heterocycles. The molecule has 0 aromatic carbocycles. The van der Waals surface area contributed by atoms with E-state index in [4.69, 9.17) is 0 Å². The van der Waals surface area contributed by atoms with E-state index < -0.39 is 10.0 Å². The molecule has 0 amide bonds. The van der Waals surface area contributed by atoms with Crippen molar-refractivity contribution in [2.45, 2.75) is 58.4 Å². The van der Waals surface area contributed by atoms with Crippen LogP contribution in [0.5, 0.6) is 0 Å². The van der Waals surface area contributed by atoms with E-state index in [1.165, 1.54) is 38.4 Å². The zero-order chi connectivity index (χ0) is 14.3. The third kappa shape index (κ3) is 6.23. The van der Waals surface area contributed by atoms with Crippen LogP contribution >= 0.6 is 0 Å². The summed E-state index contributed by atoms with van der Waals surface area (Å²) in [5.41, 5.74) is 0. The molecule has 1 N–H and O–H groups in total. The molecule has 0 aromatic heterocycles. The quantitative estimate of drug-likeness (QED) is 0.697. The fraction of sp³-hybridized carbons (Fsp3) is 1.00. The Morgan fingerprint density at radius 3 is 2.42 bits per heavy atom. The molecule has 0 spiro atoms. The summed E-state index contributed by atoms with van der Waals surface area (Å²) in [7, 11) is -3.03. The highest BCUT2D eigenvalue weighted by atomic mass is 32.2. The van der Waals surface area contributed by atoms with E-state index in [1.54, 1.807) is 4.31 Å². The van der Waals surface area contributed by atoms with Crippen LogP contribution in [-0.4, -0.2) is 44.7 Å². The van der Waals surface area contributed by atoms with Gasteiger partial charge < -0.3 is 5.32 Å². The number of nitrogens with one attached hydrogen (secondary N) is 1. The van der Waals surface area contributed by atoms with Gasteiger partial charge in [-0.15, -0.1) is 0 Å². The van der Waals surface area contributed by atoms with Gasteiger partial charge in [0.15, 0.2) is 0 Å². The minimum atomic E-state index is -3.03. The zero-order valence-corrected chi connectivity index (χ0v) is 13.5. The van der Waals surface area contributed by atoms with Crippen molar-refractivity contribution in [3.8, 4) is 0 Å². The monoisotopic (exact) mass is 290 g/mol. The van der Waals surface area contributed by atoms with Gasteiger partial charge in [0.25, 0.3) is 0 Å². The molecule has 0 aromatic rings. The number of rotatable bonds is 8. The Balaban J connectivity index is 2.19. The maximum atomic E-state index is 11.4. The normalized spacial score (nSPS) is 19.8. The van der Waals surface area contributed by atoms with Crippen molar-refractivity contribution in [3.63, 3.8) is 0 Å². The lowest BCUT2D eigenvalue weighted by Crippen LogP contribution is -2.37. The van der Waals surface area contributed by atoms with Gasteiger partial charge in [0.1, 0.15) is 0 Å². The van der Waals surface area contributed by atoms with Crippen LogP contribution in [0.3, 0.4) is 0 Å². The average Bonchev–Trinajstić information content (AvgIpc) is 2.38. The van der Waals surface area contributed by atoms with Crippen molar-refractivity contribution in [3.05, 3.63) is 0 Å². The van der Waals surface area contributed by atoms with Crippen LogP contribution in [0.4, 0.5) is 0 Å².